The van der Waals surface area contributed by atoms with E-state index in [0.717, 1.165) is 16.8 Å². The summed E-state index contributed by atoms with van der Waals surface area (Å²) in [7, 11) is 0. The molecule has 0 aliphatic carbocycles. The molecule has 0 bridgehead atoms. The predicted octanol–water partition coefficient (Wildman–Crippen LogP) is 3.23. The van der Waals surface area contributed by atoms with Crippen LogP contribution in [0.3, 0.4) is 0 Å². The van der Waals surface area contributed by atoms with E-state index in [2.05, 4.69) is 5.43 Å². The molecule has 30 heavy (non-hydrogen) atoms. The molecule has 0 unspecified atom stereocenters. The minimum absolute atomic E-state index is 0.0965. The van der Waals surface area contributed by atoms with Gasteiger partial charge in [-0.2, -0.15) is 5.01 Å². The quantitative estimate of drug-likeness (QED) is 0.212. The van der Waals surface area contributed by atoms with Gasteiger partial charge in [0.2, 0.25) is 0 Å². The second-order valence-corrected chi connectivity index (χ2v) is 8.69. The Morgan fingerprint density at radius 2 is 2.03 bits per heavy atom. The van der Waals surface area contributed by atoms with Gasteiger partial charge in [-0.15, -0.1) is 11.8 Å². The van der Waals surface area contributed by atoms with Crippen molar-refractivity contribution < 1.29 is 19.6 Å². The number of thiocarbonyl (C=S) groups is 1. The topological polar surface area (TPSA) is 113 Å². The van der Waals surface area contributed by atoms with Gasteiger partial charge in [-0.05, 0) is 42.1 Å². The van der Waals surface area contributed by atoms with Crippen molar-refractivity contribution in [3.05, 3.63) is 74.7 Å². The van der Waals surface area contributed by atoms with E-state index in [0.29, 0.717) is 21.8 Å². The molecule has 8 nitrogen and oxygen atoms in total. The highest BCUT2D eigenvalue weighted by Gasteiger charge is 2.34. The first-order valence-electron chi connectivity index (χ1n) is 8.57. The molecule has 2 aromatic carbocycles. The van der Waals surface area contributed by atoms with Crippen molar-refractivity contribution in [2.24, 2.45) is 0 Å². The van der Waals surface area contributed by atoms with Crippen molar-refractivity contribution in [3.63, 3.8) is 0 Å². The number of hydrazine groups is 1. The summed E-state index contributed by atoms with van der Waals surface area (Å²) in [6.45, 7) is -0.0965. The molecule has 2 N–H and O–H groups in total. The first-order valence-corrected chi connectivity index (χ1v) is 10.8. The fourth-order valence-electron chi connectivity index (χ4n) is 2.52. The average Bonchev–Trinajstić information content (AvgIpc) is 3.00. The van der Waals surface area contributed by atoms with Crippen LogP contribution in [-0.2, 0) is 4.79 Å². The number of nitrogens with one attached hydrogen (secondary N) is 1. The number of carbonyl (C=O) groups is 2. The van der Waals surface area contributed by atoms with Gasteiger partial charge in [-0.3, -0.25) is 25.1 Å². The molecule has 0 atom stereocenters. The summed E-state index contributed by atoms with van der Waals surface area (Å²) in [5.41, 5.74) is 3.19. The summed E-state index contributed by atoms with van der Waals surface area (Å²) >= 11 is 7.36. The molecule has 0 saturated carbocycles. The molecule has 0 aromatic heterocycles. The van der Waals surface area contributed by atoms with Crippen molar-refractivity contribution in [1.82, 2.24) is 10.4 Å². The zero-order valence-corrected chi connectivity index (χ0v) is 17.8. The van der Waals surface area contributed by atoms with E-state index < -0.39 is 16.7 Å². The molecule has 1 fully saturated rings. The Kier molecular flexibility index (Phi) is 7.21. The van der Waals surface area contributed by atoms with Gasteiger partial charge in [0.05, 0.1) is 21.3 Å². The van der Waals surface area contributed by atoms with Gasteiger partial charge in [0.25, 0.3) is 17.5 Å². The lowest BCUT2D eigenvalue weighted by atomic mass is 10.2. The number of hydrogen-bond acceptors (Lipinski definition) is 8. The van der Waals surface area contributed by atoms with Crippen molar-refractivity contribution in [2.75, 3.05) is 12.4 Å². The van der Waals surface area contributed by atoms with Crippen LogP contribution in [0.5, 0.6) is 0 Å². The molecule has 2 amide bonds. The average molecular weight is 462 g/mol. The smallest absolute Gasteiger partial charge is 0.285 e. The zero-order chi connectivity index (χ0) is 21.7. The highest BCUT2D eigenvalue weighted by atomic mass is 32.2. The van der Waals surface area contributed by atoms with Crippen LogP contribution in [0.2, 0.25) is 0 Å². The highest BCUT2D eigenvalue weighted by molar-refractivity contribution is 8.26. The number of amides is 2. The van der Waals surface area contributed by atoms with Crippen molar-refractivity contribution >= 4 is 63.6 Å². The van der Waals surface area contributed by atoms with Gasteiger partial charge < -0.3 is 5.11 Å². The zero-order valence-electron chi connectivity index (χ0n) is 15.3. The summed E-state index contributed by atoms with van der Waals surface area (Å²) < 4.78 is 0.153. The van der Waals surface area contributed by atoms with Crippen LogP contribution in [-0.4, -0.2) is 43.5 Å². The second kappa shape index (κ2) is 9.85. The summed E-state index contributed by atoms with van der Waals surface area (Å²) in [5, 5.41) is 21.3. The van der Waals surface area contributed by atoms with Crippen molar-refractivity contribution in [2.45, 2.75) is 4.90 Å². The Bertz CT molecular complexity index is 1040. The lowest BCUT2D eigenvalue weighted by molar-refractivity contribution is -0.387. The normalized spacial score (nSPS) is 15.0. The highest BCUT2D eigenvalue weighted by Crippen LogP contribution is 2.34. The van der Waals surface area contributed by atoms with Gasteiger partial charge in [-0.1, -0.05) is 36.0 Å². The van der Waals surface area contributed by atoms with E-state index in [1.165, 1.54) is 23.9 Å². The third kappa shape index (κ3) is 5.05. The SMILES string of the molecule is O=C(NN1C(=O)/C(=C/c2ccc(SCCO)c([N+](=O)[O-])c2)SC1=S)c1ccccc1. The van der Waals surface area contributed by atoms with Crippen LogP contribution in [0.15, 0.2) is 58.3 Å². The van der Waals surface area contributed by atoms with Crippen molar-refractivity contribution in [3.8, 4) is 0 Å². The molecule has 2 aromatic rings. The molecular weight excluding hydrogens is 446 g/mol. The van der Waals surface area contributed by atoms with E-state index in [-0.39, 0.29) is 21.5 Å². The second-order valence-electron chi connectivity index (χ2n) is 5.88. The molecule has 3 rings (SSSR count). The minimum atomic E-state index is -0.518. The lowest BCUT2D eigenvalue weighted by Crippen LogP contribution is -2.44. The number of nitrogens with zero attached hydrogens (tertiary/aromatic N) is 2. The number of carbonyl (C=O) groups excluding carboxylic acids is 2. The van der Waals surface area contributed by atoms with Gasteiger partial charge in [-0.25, -0.2) is 0 Å². The van der Waals surface area contributed by atoms with E-state index in [1.54, 1.807) is 42.5 Å². The number of rotatable bonds is 7. The Hall–Kier alpha value is -2.73. The van der Waals surface area contributed by atoms with Gasteiger partial charge in [0.15, 0.2) is 4.32 Å². The predicted molar refractivity (Wildman–Crippen MR) is 120 cm³/mol. The van der Waals surface area contributed by atoms with E-state index in [1.807, 2.05) is 0 Å². The van der Waals surface area contributed by atoms with Crippen molar-refractivity contribution in [1.29, 1.82) is 0 Å². The Labute approximate surface area is 185 Å². The van der Waals surface area contributed by atoms with Crippen LogP contribution < -0.4 is 5.43 Å². The molecule has 11 heteroatoms. The standard InChI is InChI=1S/C19H15N3O5S3/c23-8-9-29-15-7-6-12(10-14(15)22(26)27)11-16-18(25)21(19(28)30-16)20-17(24)13-4-2-1-3-5-13/h1-7,10-11,23H,8-9H2,(H,20,24)/b16-11-. The van der Waals surface area contributed by atoms with Crippen LogP contribution >= 0.6 is 35.7 Å². The lowest BCUT2D eigenvalue weighted by Gasteiger charge is -2.15. The minimum Gasteiger partial charge on any atom is -0.396 e. The fraction of sp³-hybridized carbons (Fsp3) is 0.105. The summed E-state index contributed by atoms with van der Waals surface area (Å²) in [5.74, 6) is -0.662. The number of thioether (sulfide) groups is 2. The molecule has 1 aliphatic rings. The number of aliphatic hydroxyl groups excluding tert-OH is 1. The molecule has 0 radical (unpaired) electrons. The van der Waals surface area contributed by atoms with E-state index in [4.69, 9.17) is 17.3 Å². The third-order valence-electron chi connectivity index (χ3n) is 3.87. The molecule has 0 spiro atoms. The molecule has 1 aliphatic heterocycles. The van der Waals surface area contributed by atoms with Crippen LogP contribution in [0.1, 0.15) is 15.9 Å². The summed E-state index contributed by atoms with van der Waals surface area (Å²) in [6.07, 6.45) is 1.49. The number of benzene rings is 2. The maximum atomic E-state index is 12.7. The maximum Gasteiger partial charge on any atom is 0.285 e. The van der Waals surface area contributed by atoms with Gasteiger partial charge >= 0.3 is 0 Å². The largest absolute Gasteiger partial charge is 0.396 e. The Morgan fingerprint density at radius 3 is 2.70 bits per heavy atom. The van der Waals surface area contributed by atoms with E-state index >= 15 is 0 Å². The van der Waals surface area contributed by atoms with Gasteiger partial charge in [0, 0.05) is 17.4 Å². The van der Waals surface area contributed by atoms with Crippen LogP contribution in [0.25, 0.3) is 6.08 Å². The number of nitro benzene ring substituents is 1. The number of aliphatic hydroxyl groups is 1. The Morgan fingerprint density at radius 1 is 1.30 bits per heavy atom. The van der Waals surface area contributed by atoms with E-state index in [9.17, 15) is 19.7 Å². The van der Waals surface area contributed by atoms with Crippen LogP contribution in [0, 0.1) is 10.1 Å². The maximum absolute atomic E-state index is 12.7. The molecule has 1 heterocycles. The number of nitro groups is 1. The third-order valence-corrected chi connectivity index (χ3v) is 6.21. The fourth-order valence-corrected chi connectivity index (χ4v) is 4.45. The molecular formula is C19H15N3O5S3. The monoisotopic (exact) mass is 461 g/mol. The van der Waals surface area contributed by atoms with Gasteiger partial charge in [0.1, 0.15) is 0 Å². The molecule has 154 valence electrons. The number of hydrogen-bond donors (Lipinski definition) is 2. The Balaban J connectivity index is 1.80. The summed E-state index contributed by atoms with van der Waals surface area (Å²) in [4.78, 5) is 36.5. The molecule has 1 saturated heterocycles. The van der Waals surface area contributed by atoms with Crippen LogP contribution in [0.4, 0.5) is 5.69 Å². The first-order chi connectivity index (χ1) is 14.4. The summed E-state index contributed by atoms with van der Waals surface area (Å²) in [6, 6.07) is 13.0. The first kappa shape index (κ1) is 22.0.